The van der Waals surface area contributed by atoms with Crippen molar-refractivity contribution < 1.29 is 19.3 Å². The highest BCUT2D eigenvalue weighted by Gasteiger charge is 2.80. The minimum atomic E-state index is -0.445. The summed E-state index contributed by atoms with van der Waals surface area (Å²) in [5.74, 6) is 3.00. The lowest BCUT2D eigenvalue weighted by atomic mass is 9.34. The largest absolute Gasteiger partial charge is 0.504 e. The van der Waals surface area contributed by atoms with E-state index >= 15 is 0 Å². The molecule has 4 bridgehead atoms. The summed E-state index contributed by atoms with van der Waals surface area (Å²) in [5, 5.41) is 14.8. The van der Waals surface area contributed by atoms with Gasteiger partial charge in [-0.05, 0) is 104 Å². The molecule has 3 aromatic rings. The molecule has 2 heterocycles. The molecule has 224 valence electrons. The number of anilines is 1. The smallest absolute Gasteiger partial charge is 0.165 e. The molecule has 10 rings (SSSR count). The van der Waals surface area contributed by atoms with Crippen LogP contribution in [0.2, 0.25) is 0 Å². The minimum absolute atomic E-state index is 0.0960. The van der Waals surface area contributed by atoms with Crippen LogP contribution in [0.1, 0.15) is 66.7 Å². The first-order valence-corrected chi connectivity index (χ1v) is 16.3. The summed E-state index contributed by atoms with van der Waals surface area (Å²) >= 11 is 0. The first-order chi connectivity index (χ1) is 21.0. The van der Waals surface area contributed by atoms with Crippen LogP contribution in [0, 0.1) is 11.3 Å². The van der Waals surface area contributed by atoms with Crippen molar-refractivity contribution in [3.05, 3.63) is 82.9 Å². The van der Waals surface area contributed by atoms with Crippen LogP contribution in [-0.4, -0.2) is 55.1 Å². The number of rotatable bonds is 8. The van der Waals surface area contributed by atoms with Gasteiger partial charge < -0.3 is 24.6 Å². The summed E-state index contributed by atoms with van der Waals surface area (Å²) in [6.07, 6.45) is 8.06. The number of hydrogen-bond acceptors (Lipinski definition) is 6. The Bertz CT molecular complexity index is 1590. The van der Waals surface area contributed by atoms with Crippen LogP contribution in [-0.2, 0) is 23.1 Å². The fourth-order valence-corrected chi connectivity index (χ4v) is 10.6. The van der Waals surface area contributed by atoms with Gasteiger partial charge in [0.05, 0.1) is 7.11 Å². The van der Waals surface area contributed by atoms with Gasteiger partial charge in [0.15, 0.2) is 11.5 Å². The molecular weight excluding hydrogens is 536 g/mol. The van der Waals surface area contributed by atoms with Crippen LogP contribution >= 0.6 is 0 Å². The van der Waals surface area contributed by atoms with Gasteiger partial charge >= 0.3 is 0 Å². The zero-order chi connectivity index (χ0) is 29.0. The second-order valence-corrected chi connectivity index (χ2v) is 14.2. The van der Waals surface area contributed by atoms with Crippen molar-refractivity contribution in [1.29, 1.82) is 0 Å². The molecule has 0 radical (unpaired) electrons. The van der Waals surface area contributed by atoms with Gasteiger partial charge in [-0.2, -0.15) is 0 Å². The van der Waals surface area contributed by atoms with Crippen LogP contribution < -0.4 is 14.8 Å². The average Bonchev–Trinajstić information content (AvgIpc) is 3.79. The first-order valence-electron chi connectivity index (χ1n) is 16.3. The van der Waals surface area contributed by atoms with E-state index in [1.807, 2.05) is 25.3 Å². The quantitative estimate of drug-likeness (QED) is 0.322. The molecule has 0 aromatic heterocycles. The van der Waals surface area contributed by atoms with Gasteiger partial charge in [-0.25, -0.2) is 0 Å². The van der Waals surface area contributed by atoms with Crippen molar-refractivity contribution in [2.24, 2.45) is 11.3 Å². The highest BCUT2D eigenvalue weighted by molar-refractivity contribution is 5.64. The molecule has 5 fully saturated rings. The molecule has 5 aliphatic carbocycles. The summed E-state index contributed by atoms with van der Waals surface area (Å²) < 4.78 is 19.1. The van der Waals surface area contributed by atoms with Crippen LogP contribution in [0.4, 0.5) is 5.69 Å². The first kappa shape index (κ1) is 26.2. The number of ether oxygens (including phenoxy) is 3. The van der Waals surface area contributed by atoms with Crippen molar-refractivity contribution in [3.63, 3.8) is 0 Å². The molecular formula is C37H42N2O4. The molecule has 7 aliphatic rings. The molecule has 0 amide bonds. The van der Waals surface area contributed by atoms with E-state index in [9.17, 15) is 5.11 Å². The predicted molar refractivity (Wildman–Crippen MR) is 166 cm³/mol. The number of methoxy groups -OCH3 is 2. The summed E-state index contributed by atoms with van der Waals surface area (Å²) in [5.41, 5.74) is 5.96. The Morgan fingerprint density at radius 2 is 1.88 bits per heavy atom. The highest BCUT2D eigenvalue weighted by Crippen LogP contribution is 2.78. The van der Waals surface area contributed by atoms with Crippen molar-refractivity contribution >= 4 is 5.69 Å². The lowest BCUT2D eigenvalue weighted by Gasteiger charge is -2.74. The number of nitrogens with zero attached hydrogens (tertiary/aromatic N) is 1. The topological polar surface area (TPSA) is 63.2 Å². The summed E-state index contributed by atoms with van der Waals surface area (Å²) in [4.78, 5) is 2.88. The lowest BCUT2D eigenvalue weighted by molar-refractivity contribution is -0.261. The molecule has 2 aliphatic heterocycles. The number of piperidine rings is 1. The van der Waals surface area contributed by atoms with E-state index in [0.717, 1.165) is 68.3 Å². The van der Waals surface area contributed by atoms with Crippen LogP contribution in [0.3, 0.4) is 0 Å². The SMILES string of the molecule is COc1ccc(CNc2cccc([C@H]3C[C@@]45CC[C@]3(OC)[C@@H]3Oc6c(O)ccc7c6[C@@]34CCN(CC3CC3)[C@@H]5C7)c2)cc1. The van der Waals surface area contributed by atoms with Gasteiger partial charge in [-0.15, -0.1) is 0 Å². The zero-order valence-corrected chi connectivity index (χ0v) is 25.3. The molecule has 2 N–H and O–H groups in total. The van der Waals surface area contributed by atoms with Crippen molar-refractivity contribution in [2.45, 2.75) is 80.6 Å². The molecule has 4 saturated carbocycles. The second-order valence-electron chi connectivity index (χ2n) is 14.2. The van der Waals surface area contributed by atoms with Gasteiger partial charge in [0.1, 0.15) is 17.5 Å². The monoisotopic (exact) mass is 578 g/mol. The molecule has 43 heavy (non-hydrogen) atoms. The number of phenols is 1. The number of nitrogens with one attached hydrogen (secondary N) is 1. The van der Waals surface area contributed by atoms with Gasteiger partial charge in [0.2, 0.25) is 0 Å². The third kappa shape index (κ3) is 3.42. The van der Waals surface area contributed by atoms with Crippen molar-refractivity contribution in [2.75, 3.05) is 32.6 Å². The fraction of sp³-hybridized carbons (Fsp3) is 0.514. The maximum atomic E-state index is 11.1. The third-order valence-electron chi connectivity index (χ3n) is 12.6. The number of phenolic OH excluding ortho intramolecular Hbond substituents is 1. The number of benzene rings is 3. The molecule has 1 saturated heterocycles. The Labute approximate surface area is 254 Å². The summed E-state index contributed by atoms with van der Waals surface area (Å²) in [7, 11) is 3.61. The van der Waals surface area contributed by atoms with E-state index in [1.54, 1.807) is 7.11 Å². The Balaban J connectivity index is 1.12. The van der Waals surface area contributed by atoms with E-state index < -0.39 is 5.60 Å². The molecule has 6 nitrogen and oxygen atoms in total. The van der Waals surface area contributed by atoms with Gasteiger partial charge in [-0.1, -0.05) is 30.3 Å². The average molecular weight is 579 g/mol. The van der Waals surface area contributed by atoms with E-state index in [4.69, 9.17) is 14.2 Å². The van der Waals surface area contributed by atoms with Gasteiger partial charge in [0, 0.05) is 54.2 Å². The third-order valence-corrected chi connectivity index (χ3v) is 12.6. The van der Waals surface area contributed by atoms with Crippen LogP contribution in [0.15, 0.2) is 60.7 Å². The Hall–Kier alpha value is -3.22. The van der Waals surface area contributed by atoms with Gasteiger partial charge in [0.25, 0.3) is 0 Å². The minimum Gasteiger partial charge on any atom is -0.504 e. The summed E-state index contributed by atoms with van der Waals surface area (Å²) in [6, 6.07) is 21.9. The Morgan fingerprint density at radius 1 is 1.02 bits per heavy atom. The van der Waals surface area contributed by atoms with Crippen LogP contribution in [0.5, 0.6) is 17.2 Å². The van der Waals surface area contributed by atoms with E-state index in [2.05, 4.69) is 52.7 Å². The lowest BCUT2D eigenvalue weighted by Crippen LogP contribution is -2.80. The molecule has 2 spiro atoms. The second kappa shape index (κ2) is 9.15. The number of aromatic hydroxyl groups is 1. The van der Waals surface area contributed by atoms with Crippen molar-refractivity contribution in [1.82, 2.24) is 4.90 Å². The zero-order valence-electron chi connectivity index (χ0n) is 25.3. The maximum Gasteiger partial charge on any atom is 0.165 e. The molecule has 6 atom stereocenters. The standard InChI is InChI=1S/C37H42N2O4/c1-41-28-11-8-23(9-12-28)21-38-27-5-3-4-25(18-27)29-20-35-14-15-37(29,42-2)34-36(35)16-17-39(22-24-6-7-24)31(35)19-26-10-13-30(40)33(43-34)32(26)36/h3-5,8-13,18,24,29,31,34,38,40H,6-7,14-17,19-22H2,1-2H3/t29-,31-,34-,35-,36+,37-/m1/s1. The van der Waals surface area contributed by atoms with Crippen LogP contribution in [0.25, 0.3) is 0 Å². The molecule has 6 heteroatoms. The van der Waals surface area contributed by atoms with E-state index in [1.165, 1.54) is 41.6 Å². The maximum absolute atomic E-state index is 11.1. The Kier molecular flexibility index (Phi) is 5.58. The number of fused-ring (bicyclic) bond motifs is 2. The fourth-order valence-electron chi connectivity index (χ4n) is 10.6. The van der Waals surface area contributed by atoms with Gasteiger partial charge in [-0.3, -0.25) is 4.90 Å². The highest BCUT2D eigenvalue weighted by atomic mass is 16.6. The number of likely N-dealkylation sites (tertiary alicyclic amines) is 1. The van der Waals surface area contributed by atoms with E-state index in [-0.39, 0.29) is 22.9 Å². The van der Waals surface area contributed by atoms with Crippen molar-refractivity contribution in [3.8, 4) is 17.2 Å². The normalized spacial score (nSPS) is 34.9. The summed E-state index contributed by atoms with van der Waals surface area (Å²) in [6.45, 7) is 3.10. The van der Waals surface area contributed by atoms with E-state index in [0.29, 0.717) is 11.8 Å². The predicted octanol–water partition coefficient (Wildman–Crippen LogP) is 6.41. The Morgan fingerprint density at radius 3 is 2.67 bits per heavy atom. The molecule has 0 unspecified atom stereocenters. The number of hydrogen-bond donors (Lipinski definition) is 2. The molecule has 3 aromatic carbocycles.